The van der Waals surface area contributed by atoms with Crippen molar-refractivity contribution >= 4 is 143 Å². The third kappa shape index (κ3) is 7.44. The molecule has 4 aliphatic rings. The molecular formula is C76H59B2N3Se. The standard InChI is InChI=1S/C76H59B2N3Se/c1-75(2,3)50-42-66-73-67(43-50)81(53-28-14-9-15-29-53)65-47-69-62(46-61(65)77(73)59-34-20-22-36-63(59)79(66)52-26-12-8-13-27-52)78-60-35-21-23-37-64(60)80(68-44-51(76(4,5)6)45-70(82-69)74(68)78)54-40-38-49(39-41-54)72-57-32-18-16-30-55(57)71(48-24-10-7-11-25-48)56-31-17-19-33-58(56)72/h7-47H,1-6H3. The third-order valence-corrected chi connectivity index (χ3v) is 20.3. The summed E-state index contributed by atoms with van der Waals surface area (Å²) in [5.74, 6) is 0. The van der Waals surface area contributed by atoms with E-state index in [2.05, 4.69) is 305 Å². The molecule has 0 saturated heterocycles. The maximum absolute atomic E-state index is 2.68. The first-order chi connectivity index (χ1) is 40.0. The molecular weight excluding hydrogens is 1060 g/mol. The zero-order chi connectivity index (χ0) is 55.2. The summed E-state index contributed by atoms with van der Waals surface area (Å²) in [6.45, 7) is 14.2. The van der Waals surface area contributed by atoms with Gasteiger partial charge in [-0.05, 0) is 5.56 Å². The van der Waals surface area contributed by atoms with E-state index in [0.29, 0.717) is 0 Å². The van der Waals surface area contributed by atoms with E-state index in [4.69, 9.17) is 0 Å². The summed E-state index contributed by atoms with van der Waals surface area (Å²) in [5.41, 5.74) is 26.9. The van der Waals surface area contributed by atoms with E-state index in [1.807, 2.05) is 0 Å². The molecule has 0 aliphatic carbocycles. The van der Waals surface area contributed by atoms with Gasteiger partial charge in [-0.25, -0.2) is 0 Å². The monoisotopic (exact) mass is 1120 g/mol. The second-order valence-electron chi connectivity index (χ2n) is 24.8. The number of hydrogen-bond donors (Lipinski definition) is 0. The Morgan fingerprint density at radius 2 is 0.683 bits per heavy atom. The Morgan fingerprint density at radius 3 is 1.18 bits per heavy atom. The van der Waals surface area contributed by atoms with Gasteiger partial charge in [0.15, 0.2) is 0 Å². The molecule has 0 spiro atoms. The predicted molar refractivity (Wildman–Crippen MR) is 355 cm³/mol. The van der Waals surface area contributed by atoms with Crippen LogP contribution in [-0.2, 0) is 10.8 Å². The Morgan fingerprint density at radius 1 is 0.293 bits per heavy atom. The van der Waals surface area contributed by atoms with Gasteiger partial charge in [-0.2, -0.15) is 0 Å². The molecule has 3 nitrogen and oxygen atoms in total. The van der Waals surface area contributed by atoms with E-state index < -0.39 is 0 Å². The quantitative estimate of drug-likeness (QED) is 0.126. The van der Waals surface area contributed by atoms with Crippen molar-refractivity contribution in [2.45, 2.75) is 52.4 Å². The Hall–Kier alpha value is -8.79. The zero-order valence-electron chi connectivity index (χ0n) is 47.1. The van der Waals surface area contributed by atoms with Crippen molar-refractivity contribution in [2.24, 2.45) is 0 Å². The van der Waals surface area contributed by atoms with E-state index in [1.54, 1.807) is 0 Å². The molecule has 0 amide bonds. The molecule has 0 N–H and O–H groups in total. The van der Waals surface area contributed by atoms with Gasteiger partial charge in [0, 0.05) is 0 Å². The van der Waals surface area contributed by atoms with Crippen LogP contribution in [0.3, 0.4) is 0 Å². The topological polar surface area (TPSA) is 9.72 Å². The summed E-state index contributed by atoms with van der Waals surface area (Å²) in [6.07, 6.45) is 0. The fraction of sp³-hybridized carbons (Fsp3) is 0.105. The summed E-state index contributed by atoms with van der Waals surface area (Å²) in [4.78, 5) is 7.75. The van der Waals surface area contributed by atoms with Crippen molar-refractivity contribution in [3.05, 3.63) is 260 Å². The number of hydrogen-bond acceptors (Lipinski definition) is 3. The van der Waals surface area contributed by atoms with Crippen LogP contribution in [0.2, 0.25) is 0 Å². The summed E-state index contributed by atoms with van der Waals surface area (Å²) in [7, 11) is 0. The first-order valence-electron chi connectivity index (χ1n) is 29.0. The van der Waals surface area contributed by atoms with Crippen LogP contribution in [0.5, 0.6) is 0 Å². The molecule has 0 unspecified atom stereocenters. The molecule has 0 saturated carbocycles. The Labute approximate surface area is 488 Å². The van der Waals surface area contributed by atoms with E-state index >= 15 is 0 Å². The van der Waals surface area contributed by atoms with Crippen LogP contribution in [0, 0.1) is 0 Å². The molecule has 4 heterocycles. The van der Waals surface area contributed by atoms with Gasteiger partial charge in [0.25, 0.3) is 0 Å². The van der Waals surface area contributed by atoms with Crippen LogP contribution in [0.25, 0.3) is 43.8 Å². The zero-order valence-corrected chi connectivity index (χ0v) is 48.8. The van der Waals surface area contributed by atoms with E-state index in [-0.39, 0.29) is 39.2 Å². The number of anilines is 9. The minimum atomic E-state index is -0.0999. The molecule has 16 rings (SSSR count). The summed E-state index contributed by atoms with van der Waals surface area (Å²) >= 11 is -0.00230. The van der Waals surface area contributed by atoms with Gasteiger partial charge in [0.05, 0.1) is 0 Å². The van der Waals surface area contributed by atoms with Crippen molar-refractivity contribution in [1.29, 1.82) is 0 Å². The van der Waals surface area contributed by atoms with Crippen molar-refractivity contribution < 1.29 is 0 Å². The number of fused-ring (bicyclic) bond motifs is 10. The van der Waals surface area contributed by atoms with E-state index in [0.717, 1.165) is 0 Å². The summed E-state index contributed by atoms with van der Waals surface area (Å²) < 4.78 is 2.93. The molecule has 0 fully saturated rings. The molecule has 0 aromatic heterocycles. The number of benzene rings is 12. The first kappa shape index (κ1) is 49.1. The minimum absolute atomic E-state index is 0.00230. The molecule has 12 aromatic rings. The number of rotatable bonds is 5. The van der Waals surface area contributed by atoms with Crippen LogP contribution in [0.15, 0.2) is 249 Å². The number of nitrogens with zero attached hydrogens (tertiary/aromatic N) is 3. The Bertz CT molecular complexity index is 4530. The molecule has 0 radical (unpaired) electrons. The molecule has 0 atom stereocenters. The normalized spacial score (nSPS) is 13.8. The van der Waals surface area contributed by atoms with Gasteiger partial charge >= 0.3 is 444 Å². The van der Waals surface area contributed by atoms with Gasteiger partial charge < -0.3 is 0 Å². The Kier molecular flexibility index (Phi) is 11.0. The van der Waals surface area contributed by atoms with Crippen LogP contribution in [0.4, 0.5) is 51.2 Å². The van der Waals surface area contributed by atoms with E-state index in [1.165, 1.54) is 148 Å². The van der Waals surface area contributed by atoms with Crippen molar-refractivity contribution in [2.75, 3.05) is 14.7 Å². The average Bonchev–Trinajstić information content (AvgIpc) is 1.89. The van der Waals surface area contributed by atoms with Gasteiger partial charge in [-0.3, -0.25) is 0 Å². The van der Waals surface area contributed by atoms with Crippen LogP contribution in [-0.4, -0.2) is 28.4 Å². The predicted octanol–water partition coefficient (Wildman–Crippen LogP) is 14.3. The first-order valence-corrected chi connectivity index (χ1v) is 30.7. The van der Waals surface area contributed by atoms with Crippen LogP contribution >= 0.6 is 0 Å². The van der Waals surface area contributed by atoms with Crippen molar-refractivity contribution in [3.8, 4) is 22.3 Å². The molecule has 82 heavy (non-hydrogen) atoms. The SMILES string of the molecule is CC(C)(C)c1cc2c3c(c1)N(c1ccc(-c4c5ccccc5c(-c5ccccc5)c5ccccc45)cc1)c1ccccc1B3c1cc3c(cc1[Se]2)N(c1ccccc1)c1cc(C(C)(C)C)cc2c1B3c1ccccc1N2c1ccccc1. The van der Waals surface area contributed by atoms with Crippen molar-refractivity contribution in [1.82, 2.24) is 0 Å². The third-order valence-electron chi connectivity index (χ3n) is 17.9. The van der Waals surface area contributed by atoms with Gasteiger partial charge in [0.2, 0.25) is 0 Å². The molecule has 390 valence electrons. The molecule has 12 aromatic carbocycles. The average molecular weight is 1110 g/mol. The number of para-hydroxylation sites is 4. The molecule has 6 heteroatoms. The fourth-order valence-corrected chi connectivity index (χ4v) is 16.7. The summed E-state index contributed by atoms with van der Waals surface area (Å²) in [5, 5.41) is 5.07. The van der Waals surface area contributed by atoms with Crippen molar-refractivity contribution in [3.63, 3.8) is 0 Å². The van der Waals surface area contributed by atoms with Gasteiger partial charge in [-0.15, -0.1) is 0 Å². The summed E-state index contributed by atoms with van der Waals surface area (Å²) in [6, 6.07) is 94.5. The van der Waals surface area contributed by atoms with E-state index in [9.17, 15) is 0 Å². The second kappa shape index (κ2) is 18.4. The molecule has 0 bridgehead atoms. The van der Waals surface area contributed by atoms with Gasteiger partial charge in [0.1, 0.15) is 0 Å². The Balaban J connectivity index is 0.903. The van der Waals surface area contributed by atoms with Gasteiger partial charge in [-0.1, -0.05) is 42.5 Å². The molecule has 4 aliphatic heterocycles. The van der Waals surface area contributed by atoms with Crippen LogP contribution in [0.1, 0.15) is 52.7 Å². The fourth-order valence-electron chi connectivity index (χ4n) is 14.1. The maximum atomic E-state index is 2.68. The van der Waals surface area contributed by atoms with Crippen LogP contribution < -0.4 is 56.4 Å². The second-order valence-corrected chi connectivity index (χ2v) is 27.1.